The van der Waals surface area contributed by atoms with Crippen molar-refractivity contribution in [1.29, 1.82) is 0 Å². The highest BCUT2D eigenvalue weighted by Crippen LogP contribution is 2.08. The van der Waals surface area contributed by atoms with Gasteiger partial charge in [0.15, 0.2) is 0 Å². The van der Waals surface area contributed by atoms with Gasteiger partial charge in [0, 0.05) is 32.2 Å². The molecule has 3 unspecified atom stereocenters. The second-order valence-corrected chi connectivity index (χ2v) is 4.67. The molecule has 0 aliphatic carbocycles. The molecule has 3 amide bonds. The van der Waals surface area contributed by atoms with Crippen molar-refractivity contribution in [3.8, 4) is 0 Å². The van der Waals surface area contributed by atoms with Crippen LogP contribution in [0.25, 0.3) is 0 Å². The van der Waals surface area contributed by atoms with Crippen LogP contribution in [0.2, 0.25) is 0 Å². The largest absolute Gasteiger partial charge is 0.341 e. The van der Waals surface area contributed by atoms with Crippen LogP contribution in [0.15, 0.2) is 0 Å². The first-order valence-electron chi connectivity index (χ1n) is 5.96. The number of nitrogens with one attached hydrogen (secondary N) is 3. The lowest BCUT2D eigenvalue weighted by Gasteiger charge is -2.38. The molecule has 1 heterocycles. The highest BCUT2D eigenvalue weighted by atomic mass is 35.5. The van der Waals surface area contributed by atoms with Gasteiger partial charge >= 0.3 is 6.03 Å². The zero-order chi connectivity index (χ0) is 13.0. The predicted molar refractivity (Wildman–Crippen MR) is 72.9 cm³/mol. The lowest BCUT2D eigenvalue weighted by atomic mass is 10.1. The fourth-order valence-corrected chi connectivity index (χ4v) is 2.13. The minimum Gasteiger partial charge on any atom is -0.341 e. The van der Waals surface area contributed by atoms with Crippen molar-refractivity contribution >= 4 is 24.3 Å². The van der Waals surface area contributed by atoms with Crippen molar-refractivity contribution in [3.05, 3.63) is 0 Å². The summed E-state index contributed by atoms with van der Waals surface area (Å²) in [4.78, 5) is 24.9. The number of nitrogens with zero attached hydrogens (tertiary/aromatic N) is 1. The van der Waals surface area contributed by atoms with E-state index in [9.17, 15) is 9.59 Å². The summed E-state index contributed by atoms with van der Waals surface area (Å²) in [6, 6.07) is -0.0413. The molecule has 1 fully saturated rings. The summed E-state index contributed by atoms with van der Waals surface area (Å²) >= 11 is 0. The number of hydrogen-bond donors (Lipinski definition) is 3. The zero-order valence-electron chi connectivity index (χ0n) is 11.3. The highest BCUT2D eigenvalue weighted by molar-refractivity contribution is 5.96. The summed E-state index contributed by atoms with van der Waals surface area (Å²) in [7, 11) is 1.49. The number of urea groups is 1. The Labute approximate surface area is 114 Å². The van der Waals surface area contributed by atoms with E-state index in [0.29, 0.717) is 12.1 Å². The Kier molecular flexibility index (Phi) is 7.20. The van der Waals surface area contributed by atoms with Gasteiger partial charge in [-0.3, -0.25) is 15.0 Å². The quantitative estimate of drug-likeness (QED) is 0.661. The first-order valence-corrected chi connectivity index (χ1v) is 5.96. The van der Waals surface area contributed by atoms with Gasteiger partial charge in [-0.1, -0.05) is 0 Å². The average molecular weight is 279 g/mol. The standard InChI is InChI=1S/C11H22N4O2.ClH/c1-7-5-15(6-8(2)13-7)9(3)10(16)14-11(17)12-4;/h7-9,13H,5-6H2,1-4H3,(H2,12,14,16,17);1H. The number of carbonyl (C=O) groups is 2. The summed E-state index contributed by atoms with van der Waals surface area (Å²) in [6.45, 7) is 7.63. The fourth-order valence-electron chi connectivity index (χ4n) is 2.13. The Morgan fingerprint density at radius 3 is 2.22 bits per heavy atom. The van der Waals surface area contributed by atoms with Gasteiger partial charge in [-0.05, 0) is 20.8 Å². The molecule has 18 heavy (non-hydrogen) atoms. The topological polar surface area (TPSA) is 73.5 Å². The van der Waals surface area contributed by atoms with E-state index in [-0.39, 0.29) is 24.4 Å². The maximum absolute atomic E-state index is 11.8. The molecule has 7 heteroatoms. The van der Waals surface area contributed by atoms with Gasteiger partial charge in [0.1, 0.15) is 0 Å². The molecule has 106 valence electrons. The molecule has 0 aromatic rings. The maximum atomic E-state index is 11.8. The van der Waals surface area contributed by atoms with Crippen LogP contribution in [0.4, 0.5) is 4.79 Å². The molecule has 0 radical (unpaired) electrons. The van der Waals surface area contributed by atoms with E-state index in [1.807, 2.05) is 6.92 Å². The van der Waals surface area contributed by atoms with E-state index >= 15 is 0 Å². The van der Waals surface area contributed by atoms with E-state index in [4.69, 9.17) is 0 Å². The molecular weight excluding hydrogens is 256 g/mol. The van der Waals surface area contributed by atoms with Crippen LogP contribution in [-0.4, -0.2) is 55.1 Å². The van der Waals surface area contributed by atoms with Crippen molar-refractivity contribution in [1.82, 2.24) is 20.9 Å². The predicted octanol–water partition coefficient (Wildman–Crippen LogP) is -0.0655. The minimum absolute atomic E-state index is 0. The van der Waals surface area contributed by atoms with Gasteiger partial charge in [-0.2, -0.15) is 0 Å². The Morgan fingerprint density at radius 2 is 1.78 bits per heavy atom. The summed E-state index contributed by atoms with van der Waals surface area (Å²) in [6.07, 6.45) is 0. The normalized spacial score (nSPS) is 25.8. The zero-order valence-corrected chi connectivity index (χ0v) is 12.1. The van der Waals surface area contributed by atoms with Crippen molar-refractivity contribution < 1.29 is 9.59 Å². The molecule has 0 aromatic carbocycles. The molecule has 0 bridgehead atoms. The van der Waals surface area contributed by atoms with E-state index in [1.165, 1.54) is 7.05 Å². The van der Waals surface area contributed by atoms with E-state index in [1.54, 1.807) is 0 Å². The molecule has 1 rings (SSSR count). The summed E-state index contributed by atoms with van der Waals surface area (Å²) in [5.74, 6) is -0.259. The third kappa shape index (κ3) is 4.80. The fraction of sp³-hybridized carbons (Fsp3) is 0.818. The van der Waals surface area contributed by atoms with Crippen LogP contribution >= 0.6 is 12.4 Å². The van der Waals surface area contributed by atoms with Gasteiger partial charge < -0.3 is 10.6 Å². The third-order valence-corrected chi connectivity index (χ3v) is 2.98. The summed E-state index contributed by atoms with van der Waals surface area (Å²) in [5.41, 5.74) is 0. The van der Waals surface area contributed by atoms with Crippen LogP contribution in [0.5, 0.6) is 0 Å². The molecule has 0 aromatic heterocycles. The number of halogens is 1. The first kappa shape index (κ1) is 17.2. The molecule has 3 atom stereocenters. The molecule has 1 aliphatic heterocycles. The minimum atomic E-state index is -0.460. The van der Waals surface area contributed by atoms with Gasteiger partial charge in [0.05, 0.1) is 6.04 Å². The molecule has 1 aliphatic rings. The molecule has 0 spiro atoms. The molecular formula is C11H23ClN4O2. The lowest BCUT2D eigenvalue weighted by molar-refractivity contribution is -0.125. The van der Waals surface area contributed by atoms with Crippen molar-refractivity contribution in [3.63, 3.8) is 0 Å². The van der Waals surface area contributed by atoms with Crippen molar-refractivity contribution in [2.24, 2.45) is 0 Å². The van der Waals surface area contributed by atoms with Crippen molar-refractivity contribution in [2.45, 2.75) is 38.9 Å². The Hall–Kier alpha value is -0.850. The Morgan fingerprint density at radius 1 is 1.28 bits per heavy atom. The van der Waals surface area contributed by atoms with Crippen LogP contribution in [0, 0.1) is 0 Å². The van der Waals surface area contributed by atoms with Crippen molar-refractivity contribution in [2.75, 3.05) is 20.1 Å². The monoisotopic (exact) mass is 278 g/mol. The Bertz CT molecular complexity index is 291. The number of piperazine rings is 1. The highest BCUT2D eigenvalue weighted by Gasteiger charge is 2.28. The number of carbonyl (C=O) groups excluding carboxylic acids is 2. The number of imide groups is 1. The summed E-state index contributed by atoms with van der Waals surface area (Å²) < 4.78 is 0. The number of hydrogen-bond acceptors (Lipinski definition) is 4. The van der Waals surface area contributed by atoms with Gasteiger partial charge in [0.25, 0.3) is 0 Å². The lowest BCUT2D eigenvalue weighted by Crippen LogP contribution is -2.59. The van der Waals surface area contributed by atoms with Gasteiger partial charge in [-0.25, -0.2) is 4.79 Å². The second-order valence-electron chi connectivity index (χ2n) is 4.67. The van der Waals surface area contributed by atoms with Crippen LogP contribution in [0.1, 0.15) is 20.8 Å². The first-order chi connectivity index (χ1) is 7.93. The SMILES string of the molecule is CNC(=O)NC(=O)C(C)N1CC(C)NC(C)C1.Cl. The Balaban J connectivity index is 0.00000289. The number of amides is 3. The van der Waals surface area contributed by atoms with Crippen LogP contribution in [-0.2, 0) is 4.79 Å². The second kappa shape index (κ2) is 7.56. The smallest absolute Gasteiger partial charge is 0.321 e. The molecule has 6 nitrogen and oxygen atoms in total. The average Bonchev–Trinajstić information content (AvgIpc) is 2.26. The summed E-state index contributed by atoms with van der Waals surface area (Å²) in [5, 5.41) is 8.08. The third-order valence-electron chi connectivity index (χ3n) is 2.98. The van der Waals surface area contributed by atoms with E-state index in [0.717, 1.165) is 13.1 Å². The molecule has 3 N–H and O–H groups in total. The maximum Gasteiger partial charge on any atom is 0.321 e. The van der Waals surface area contributed by atoms with Crippen LogP contribution in [0.3, 0.4) is 0 Å². The van der Waals surface area contributed by atoms with E-state index < -0.39 is 6.03 Å². The number of rotatable bonds is 2. The van der Waals surface area contributed by atoms with Crippen LogP contribution < -0.4 is 16.0 Å². The van der Waals surface area contributed by atoms with Gasteiger partial charge in [0.2, 0.25) is 5.91 Å². The van der Waals surface area contributed by atoms with Gasteiger partial charge in [-0.15, -0.1) is 12.4 Å². The molecule has 0 saturated carbocycles. The molecule has 1 saturated heterocycles. The van der Waals surface area contributed by atoms with E-state index in [2.05, 4.69) is 34.7 Å².